The fourth-order valence-electron chi connectivity index (χ4n) is 3.12. The van der Waals surface area contributed by atoms with Crippen LogP contribution in [0.25, 0.3) is 0 Å². The van der Waals surface area contributed by atoms with Crippen molar-refractivity contribution in [3.8, 4) is 23.0 Å². The molecule has 0 radical (unpaired) electrons. The first-order chi connectivity index (χ1) is 18.0. The van der Waals surface area contributed by atoms with Gasteiger partial charge in [-0.3, -0.25) is 4.79 Å². The first-order valence-corrected chi connectivity index (χ1v) is 10.4. The van der Waals surface area contributed by atoms with Crippen LogP contribution in [0.5, 0.6) is 23.0 Å². The van der Waals surface area contributed by atoms with E-state index in [1.807, 2.05) is 0 Å². The van der Waals surface area contributed by atoms with Crippen molar-refractivity contribution in [1.82, 2.24) is 0 Å². The third-order valence-electron chi connectivity index (χ3n) is 5.10. The van der Waals surface area contributed by atoms with Crippen LogP contribution in [-0.2, 0) is 7.05 Å². The molecular formula is C25H13F8N2O3+. The van der Waals surface area contributed by atoms with E-state index in [0.29, 0.717) is 16.7 Å². The van der Waals surface area contributed by atoms with Crippen LogP contribution in [0.3, 0.4) is 0 Å². The summed E-state index contributed by atoms with van der Waals surface area (Å²) in [6.45, 7) is 0. The van der Waals surface area contributed by atoms with Gasteiger partial charge in [-0.25, -0.2) is 17.6 Å². The maximum absolute atomic E-state index is 14.5. The Labute approximate surface area is 208 Å². The molecule has 1 amide bonds. The third-order valence-corrected chi connectivity index (χ3v) is 5.10. The molecule has 196 valence electrons. The Balaban J connectivity index is 1.55. The van der Waals surface area contributed by atoms with Crippen LogP contribution in [0.4, 0.5) is 40.8 Å². The number of carbonyl (C=O) groups excluding carboxylic acids is 1. The number of nitrogens with zero attached hydrogens (tertiary/aromatic N) is 1. The zero-order valence-corrected chi connectivity index (χ0v) is 18.9. The van der Waals surface area contributed by atoms with Crippen molar-refractivity contribution in [3.05, 3.63) is 107 Å². The minimum Gasteiger partial charge on any atom is -0.457 e. The van der Waals surface area contributed by atoms with E-state index < -0.39 is 69.9 Å². The molecular weight excluding hydrogens is 528 g/mol. The van der Waals surface area contributed by atoms with Gasteiger partial charge in [-0.2, -0.15) is 8.78 Å². The summed E-state index contributed by atoms with van der Waals surface area (Å²) in [5.41, 5.74) is -1.79. The predicted molar refractivity (Wildman–Crippen MR) is 115 cm³/mol. The monoisotopic (exact) mass is 541 g/mol. The van der Waals surface area contributed by atoms with Gasteiger partial charge in [0, 0.05) is 5.56 Å². The molecule has 0 spiro atoms. The average Bonchev–Trinajstić information content (AvgIpc) is 2.88. The van der Waals surface area contributed by atoms with E-state index in [0.717, 1.165) is 37.4 Å². The number of ether oxygens (including phenoxy) is 2. The smallest absolute Gasteiger partial charge is 0.365 e. The van der Waals surface area contributed by atoms with E-state index in [2.05, 4.69) is 4.74 Å². The summed E-state index contributed by atoms with van der Waals surface area (Å²) < 4.78 is 123. The molecule has 0 bridgehead atoms. The Morgan fingerprint density at radius 2 is 1.21 bits per heavy atom. The zero-order valence-electron chi connectivity index (χ0n) is 18.9. The number of aromatic nitrogens is 1. The second-order valence-corrected chi connectivity index (χ2v) is 7.59. The molecule has 38 heavy (non-hydrogen) atoms. The summed E-state index contributed by atoms with van der Waals surface area (Å²) >= 11 is 0. The Bertz CT molecular complexity index is 1490. The molecule has 3 aromatic carbocycles. The number of rotatable bonds is 6. The number of benzene rings is 3. The summed E-state index contributed by atoms with van der Waals surface area (Å²) in [6, 6.07) is 8.59. The normalized spacial score (nSPS) is 10.9. The Morgan fingerprint density at radius 3 is 1.74 bits per heavy atom. The quantitative estimate of drug-likeness (QED) is 0.132. The lowest BCUT2D eigenvalue weighted by atomic mass is 10.2. The van der Waals surface area contributed by atoms with Gasteiger partial charge in [0.1, 0.15) is 24.2 Å². The van der Waals surface area contributed by atoms with Gasteiger partial charge < -0.3 is 14.8 Å². The van der Waals surface area contributed by atoms with Gasteiger partial charge in [0.2, 0.25) is 17.4 Å². The van der Waals surface area contributed by atoms with Gasteiger partial charge in [0.15, 0.2) is 29.0 Å². The van der Waals surface area contributed by atoms with Crippen molar-refractivity contribution < 1.29 is 54.0 Å². The van der Waals surface area contributed by atoms with E-state index >= 15 is 0 Å². The standard InChI is InChI=1S/C25H12F8N2O3/c1-35-16(28)9-13(10-17(35)29)37-12-7-5-11(6-8-12)25(36)34-22-18(30)20(32)24(21(33)19(22)31)38-23-14(26)3-2-4-15(23)27/h2-10H,1H3/p+1. The van der Waals surface area contributed by atoms with Gasteiger partial charge in [0.05, 0.1) is 12.1 Å². The molecule has 0 fully saturated rings. The average molecular weight is 541 g/mol. The molecule has 0 saturated heterocycles. The Hall–Kier alpha value is -4.68. The van der Waals surface area contributed by atoms with Gasteiger partial charge in [-0.05, 0) is 36.4 Å². The van der Waals surface area contributed by atoms with Crippen molar-refractivity contribution in [1.29, 1.82) is 0 Å². The highest BCUT2D eigenvalue weighted by atomic mass is 19.2. The second kappa shape index (κ2) is 10.4. The molecule has 0 unspecified atom stereocenters. The molecule has 1 N–H and O–H groups in total. The lowest BCUT2D eigenvalue weighted by Crippen LogP contribution is -2.37. The topological polar surface area (TPSA) is 51.4 Å². The highest BCUT2D eigenvalue weighted by Gasteiger charge is 2.30. The number of halogens is 8. The van der Waals surface area contributed by atoms with Crippen molar-refractivity contribution in [2.45, 2.75) is 0 Å². The minimum absolute atomic E-state index is 0.0190. The van der Waals surface area contributed by atoms with E-state index in [4.69, 9.17) is 4.74 Å². The molecule has 1 aromatic heterocycles. The van der Waals surface area contributed by atoms with Crippen LogP contribution in [-0.4, -0.2) is 5.91 Å². The Kier molecular flexibility index (Phi) is 7.19. The van der Waals surface area contributed by atoms with Crippen LogP contribution in [0.15, 0.2) is 54.6 Å². The molecule has 4 aromatic rings. The predicted octanol–water partition coefficient (Wildman–Crippen LogP) is 6.46. The maximum Gasteiger partial charge on any atom is 0.365 e. The van der Waals surface area contributed by atoms with Crippen LogP contribution in [0, 0.1) is 46.8 Å². The van der Waals surface area contributed by atoms with Crippen LogP contribution in [0.1, 0.15) is 10.4 Å². The molecule has 0 saturated carbocycles. The van der Waals surface area contributed by atoms with E-state index in [-0.39, 0.29) is 17.1 Å². The molecule has 13 heteroatoms. The summed E-state index contributed by atoms with van der Waals surface area (Å²) in [5, 5.41) is 1.67. The summed E-state index contributed by atoms with van der Waals surface area (Å²) in [5.74, 6) is -17.7. The van der Waals surface area contributed by atoms with Crippen LogP contribution in [0.2, 0.25) is 0 Å². The fraction of sp³-hybridized carbons (Fsp3) is 0.0400. The largest absolute Gasteiger partial charge is 0.457 e. The van der Waals surface area contributed by atoms with Crippen molar-refractivity contribution in [2.24, 2.45) is 7.05 Å². The van der Waals surface area contributed by atoms with E-state index in [9.17, 15) is 39.9 Å². The van der Waals surface area contributed by atoms with Crippen molar-refractivity contribution in [2.75, 3.05) is 5.32 Å². The number of anilines is 1. The summed E-state index contributed by atoms with van der Waals surface area (Å²) in [6.07, 6.45) is 0. The number of carbonyl (C=O) groups is 1. The van der Waals surface area contributed by atoms with Crippen molar-refractivity contribution in [3.63, 3.8) is 0 Å². The van der Waals surface area contributed by atoms with Gasteiger partial charge in [0.25, 0.3) is 5.91 Å². The zero-order chi connectivity index (χ0) is 27.7. The van der Waals surface area contributed by atoms with Crippen molar-refractivity contribution >= 4 is 11.6 Å². The molecule has 0 aliphatic carbocycles. The highest BCUT2D eigenvalue weighted by molar-refractivity contribution is 6.04. The molecule has 1 heterocycles. The minimum atomic E-state index is -2.17. The molecule has 0 atom stereocenters. The van der Waals surface area contributed by atoms with Gasteiger partial charge in [-0.15, -0.1) is 13.3 Å². The van der Waals surface area contributed by atoms with Crippen LogP contribution < -0.4 is 19.4 Å². The lowest BCUT2D eigenvalue weighted by molar-refractivity contribution is -0.727. The second-order valence-electron chi connectivity index (χ2n) is 7.59. The maximum atomic E-state index is 14.5. The van der Waals surface area contributed by atoms with Crippen LogP contribution >= 0.6 is 0 Å². The molecule has 0 aliphatic rings. The van der Waals surface area contributed by atoms with Gasteiger partial charge in [-0.1, -0.05) is 6.07 Å². The number of pyridine rings is 1. The van der Waals surface area contributed by atoms with Gasteiger partial charge >= 0.3 is 11.9 Å². The Morgan fingerprint density at radius 1 is 0.684 bits per heavy atom. The first-order valence-electron chi connectivity index (χ1n) is 10.4. The first kappa shape index (κ1) is 26.4. The third kappa shape index (κ3) is 5.08. The number of hydrogen-bond acceptors (Lipinski definition) is 3. The molecule has 0 aliphatic heterocycles. The number of para-hydroxylation sites is 1. The summed E-state index contributed by atoms with van der Waals surface area (Å²) in [4.78, 5) is 12.4. The molecule has 5 nitrogen and oxygen atoms in total. The summed E-state index contributed by atoms with van der Waals surface area (Å²) in [7, 11) is 1.15. The van der Waals surface area contributed by atoms with E-state index in [1.165, 1.54) is 12.1 Å². The lowest BCUT2D eigenvalue weighted by Gasteiger charge is -2.14. The number of amides is 1. The van der Waals surface area contributed by atoms with E-state index in [1.54, 1.807) is 5.32 Å². The SMILES string of the molecule is C[n+]1c(F)cc(Oc2ccc(C(=O)Nc3c(F)c(F)c(Oc4c(F)cccc4F)c(F)c3F)cc2)cc1F. The number of hydrogen-bond donors (Lipinski definition) is 1. The highest BCUT2D eigenvalue weighted by Crippen LogP contribution is 2.37. The molecule has 4 rings (SSSR count). The number of nitrogens with one attached hydrogen (secondary N) is 1. The fourth-order valence-corrected chi connectivity index (χ4v) is 3.12.